The zero-order chi connectivity index (χ0) is 16.4. The molecule has 4 nitrogen and oxygen atoms in total. The number of nitrogens with zero attached hydrogens (tertiary/aromatic N) is 2. The quantitative estimate of drug-likeness (QED) is 0.796. The standard InChI is InChI=1S/C16H13F2N3OS/c1-21-14(8-13(20-21)15-3-2-6-23-15)16(22)19-9-10-4-5-11(17)7-12(10)18/h2-8H,9H2,1H3,(H,19,22). The number of aryl methyl sites for hydroxylation is 1. The van der Waals surface area contributed by atoms with Crippen LogP contribution in [0.25, 0.3) is 10.6 Å². The van der Waals surface area contributed by atoms with Gasteiger partial charge >= 0.3 is 0 Å². The largest absolute Gasteiger partial charge is 0.347 e. The summed E-state index contributed by atoms with van der Waals surface area (Å²) in [6, 6.07) is 8.77. The Bertz CT molecular complexity index is 843. The molecule has 1 amide bonds. The van der Waals surface area contributed by atoms with E-state index in [0.717, 1.165) is 17.0 Å². The van der Waals surface area contributed by atoms with Crippen molar-refractivity contribution in [1.29, 1.82) is 0 Å². The molecule has 0 saturated heterocycles. The number of thiophene rings is 1. The molecule has 0 bridgehead atoms. The van der Waals surface area contributed by atoms with Gasteiger partial charge in [-0.15, -0.1) is 11.3 Å². The normalized spacial score (nSPS) is 10.7. The number of amides is 1. The van der Waals surface area contributed by atoms with E-state index in [1.165, 1.54) is 22.1 Å². The fraction of sp³-hybridized carbons (Fsp3) is 0.125. The first-order valence-electron chi connectivity index (χ1n) is 6.84. The van der Waals surface area contributed by atoms with E-state index in [0.29, 0.717) is 11.4 Å². The minimum absolute atomic E-state index is 0.0234. The summed E-state index contributed by atoms with van der Waals surface area (Å²) >= 11 is 1.53. The van der Waals surface area contributed by atoms with Gasteiger partial charge in [0, 0.05) is 25.2 Å². The molecule has 1 aromatic carbocycles. The van der Waals surface area contributed by atoms with Crippen molar-refractivity contribution in [3.63, 3.8) is 0 Å². The number of benzene rings is 1. The molecule has 0 radical (unpaired) electrons. The van der Waals surface area contributed by atoms with E-state index in [4.69, 9.17) is 0 Å². The Kier molecular flexibility index (Phi) is 4.20. The maximum atomic E-state index is 13.6. The fourth-order valence-electron chi connectivity index (χ4n) is 2.16. The van der Waals surface area contributed by atoms with Crippen molar-refractivity contribution < 1.29 is 13.6 Å². The zero-order valence-corrected chi connectivity index (χ0v) is 13.0. The van der Waals surface area contributed by atoms with E-state index in [2.05, 4.69) is 10.4 Å². The van der Waals surface area contributed by atoms with Gasteiger partial charge in [0.15, 0.2) is 0 Å². The van der Waals surface area contributed by atoms with Gasteiger partial charge in [-0.2, -0.15) is 5.10 Å². The molecule has 0 spiro atoms. The number of hydrogen-bond acceptors (Lipinski definition) is 3. The number of hydrogen-bond donors (Lipinski definition) is 1. The lowest BCUT2D eigenvalue weighted by Gasteiger charge is -2.06. The van der Waals surface area contributed by atoms with Crippen LogP contribution in [0.3, 0.4) is 0 Å². The second kappa shape index (κ2) is 6.29. The predicted octanol–water partition coefficient (Wildman–Crippen LogP) is 3.36. The first-order valence-corrected chi connectivity index (χ1v) is 7.72. The molecule has 0 aliphatic heterocycles. The highest BCUT2D eigenvalue weighted by Crippen LogP contribution is 2.23. The Morgan fingerprint density at radius 2 is 2.13 bits per heavy atom. The molecule has 0 unspecified atom stereocenters. The maximum Gasteiger partial charge on any atom is 0.269 e. The predicted molar refractivity (Wildman–Crippen MR) is 84.0 cm³/mol. The van der Waals surface area contributed by atoms with Crippen LogP contribution in [0.1, 0.15) is 16.1 Å². The van der Waals surface area contributed by atoms with Gasteiger partial charge in [0.2, 0.25) is 0 Å². The summed E-state index contributed by atoms with van der Waals surface area (Å²) in [6.07, 6.45) is 0. The molecule has 0 aliphatic carbocycles. The molecule has 0 saturated carbocycles. The lowest BCUT2D eigenvalue weighted by molar-refractivity contribution is 0.0941. The molecule has 0 fully saturated rings. The van der Waals surface area contributed by atoms with Crippen LogP contribution in [0.15, 0.2) is 41.8 Å². The van der Waals surface area contributed by atoms with Crippen LogP contribution in [0.2, 0.25) is 0 Å². The molecular weight excluding hydrogens is 320 g/mol. The van der Waals surface area contributed by atoms with Crippen molar-refractivity contribution in [2.45, 2.75) is 6.54 Å². The molecular formula is C16H13F2N3OS. The Morgan fingerprint density at radius 1 is 1.30 bits per heavy atom. The number of carbonyl (C=O) groups excluding carboxylic acids is 1. The summed E-state index contributed by atoms with van der Waals surface area (Å²) in [5.41, 5.74) is 1.30. The van der Waals surface area contributed by atoms with Crippen LogP contribution >= 0.6 is 11.3 Å². The Hall–Kier alpha value is -2.54. The number of nitrogens with one attached hydrogen (secondary N) is 1. The second-order valence-electron chi connectivity index (χ2n) is 4.93. The molecule has 23 heavy (non-hydrogen) atoms. The number of carbonyl (C=O) groups is 1. The first kappa shape index (κ1) is 15.4. The van der Waals surface area contributed by atoms with Gasteiger partial charge in [0.25, 0.3) is 5.91 Å². The average Bonchev–Trinajstić information content (AvgIpc) is 3.15. The van der Waals surface area contributed by atoms with Crippen molar-refractivity contribution >= 4 is 17.2 Å². The van der Waals surface area contributed by atoms with Crippen molar-refractivity contribution in [3.8, 4) is 10.6 Å². The lowest BCUT2D eigenvalue weighted by atomic mass is 10.2. The minimum atomic E-state index is -0.686. The fourth-order valence-corrected chi connectivity index (χ4v) is 2.84. The summed E-state index contributed by atoms with van der Waals surface area (Å²) in [5, 5.41) is 8.85. The molecule has 118 valence electrons. The van der Waals surface area contributed by atoms with Gasteiger partial charge in [-0.25, -0.2) is 8.78 Å². The van der Waals surface area contributed by atoms with Crippen LogP contribution in [0.5, 0.6) is 0 Å². The van der Waals surface area contributed by atoms with E-state index in [1.807, 2.05) is 17.5 Å². The van der Waals surface area contributed by atoms with Crippen LogP contribution in [-0.4, -0.2) is 15.7 Å². The van der Waals surface area contributed by atoms with Crippen LogP contribution in [0, 0.1) is 11.6 Å². The number of aromatic nitrogens is 2. The van der Waals surface area contributed by atoms with Gasteiger partial charge in [-0.05, 0) is 23.6 Å². The van der Waals surface area contributed by atoms with Crippen molar-refractivity contribution in [1.82, 2.24) is 15.1 Å². The Labute approximate surface area is 135 Å². The van der Waals surface area contributed by atoms with E-state index >= 15 is 0 Å². The van der Waals surface area contributed by atoms with Crippen molar-refractivity contribution in [2.75, 3.05) is 0 Å². The average molecular weight is 333 g/mol. The summed E-state index contributed by atoms with van der Waals surface area (Å²) in [4.78, 5) is 13.2. The van der Waals surface area contributed by atoms with Crippen molar-refractivity contribution in [2.24, 2.45) is 7.05 Å². The van der Waals surface area contributed by atoms with Gasteiger partial charge < -0.3 is 5.32 Å². The SMILES string of the molecule is Cn1nc(-c2cccs2)cc1C(=O)NCc1ccc(F)cc1F. The molecule has 0 aliphatic rings. The molecule has 2 heterocycles. The van der Waals surface area contributed by atoms with Gasteiger partial charge in [-0.1, -0.05) is 12.1 Å². The number of halogens is 2. The lowest BCUT2D eigenvalue weighted by Crippen LogP contribution is -2.25. The van der Waals surface area contributed by atoms with Gasteiger partial charge in [0.1, 0.15) is 23.0 Å². The van der Waals surface area contributed by atoms with Crippen LogP contribution in [0.4, 0.5) is 8.78 Å². The Morgan fingerprint density at radius 3 is 2.83 bits per heavy atom. The third-order valence-electron chi connectivity index (χ3n) is 3.34. The highest BCUT2D eigenvalue weighted by atomic mass is 32.1. The van der Waals surface area contributed by atoms with Crippen LogP contribution < -0.4 is 5.32 Å². The monoisotopic (exact) mass is 333 g/mol. The van der Waals surface area contributed by atoms with E-state index in [9.17, 15) is 13.6 Å². The highest BCUT2D eigenvalue weighted by molar-refractivity contribution is 7.13. The molecule has 1 N–H and O–H groups in total. The summed E-state index contributed by atoms with van der Waals surface area (Å²) in [5.74, 6) is -1.70. The third-order valence-corrected chi connectivity index (χ3v) is 4.23. The molecule has 2 aromatic heterocycles. The summed E-state index contributed by atoms with van der Waals surface area (Å²) in [7, 11) is 1.67. The maximum absolute atomic E-state index is 13.6. The van der Waals surface area contributed by atoms with Gasteiger partial charge in [-0.3, -0.25) is 9.48 Å². The zero-order valence-electron chi connectivity index (χ0n) is 12.2. The summed E-state index contributed by atoms with van der Waals surface area (Å²) in [6.45, 7) is -0.0234. The van der Waals surface area contributed by atoms with Gasteiger partial charge in [0.05, 0.1) is 4.88 Å². The Balaban J connectivity index is 1.73. The first-order chi connectivity index (χ1) is 11.0. The minimum Gasteiger partial charge on any atom is -0.347 e. The molecule has 3 rings (SSSR count). The second-order valence-corrected chi connectivity index (χ2v) is 5.88. The molecule has 3 aromatic rings. The smallest absolute Gasteiger partial charge is 0.269 e. The highest BCUT2D eigenvalue weighted by Gasteiger charge is 2.15. The van der Waals surface area contributed by atoms with E-state index in [1.54, 1.807) is 13.1 Å². The topological polar surface area (TPSA) is 46.9 Å². The summed E-state index contributed by atoms with van der Waals surface area (Å²) < 4.78 is 27.9. The van der Waals surface area contributed by atoms with E-state index in [-0.39, 0.29) is 18.0 Å². The molecule has 0 atom stereocenters. The van der Waals surface area contributed by atoms with Crippen LogP contribution in [-0.2, 0) is 13.6 Å². The number of rotatable bonds is 4. The molecule has 7 heteroatoms. The van der Waals surface area contributed by atoms with Crippen molar-refractivity contribution in [3.05, 3.63) is 64.7 Å². The van der Waals surface area contributed by atoms with E-state index < -0.39 is 11.6 Å². The third kappa shape index (κ3) is 3.29.